The van der Waals surface area contributed by atoms with Crippen LogP contribution < -0.4 is 5.56 Å². The van der Waals surface area contributed by atoms with Gasteiger partial charge >= 0.3 is 0 Å². The second kappa shape index (κ2) is 5.85. The molecular weight excluding hydrogens is 262 g/mol. The Morgan fingerprint density at radius 2 is 1.95 bits per heavy atom. The van der Waals surface area contributed by atoms with Crippen molar-refractivity contribution in [1.29, 1.82) is 0 Å². The maximum absolute atomic E-state index is 12.1. The standard InChI is InChI=1S/C13H17N3O4/c1-10-11(16(19)20)5-6-12(17)15(10)9-13(18)14-7-3-2-4-8-14/h5-6H,2-4,7-9H2,1H3. The molecule has 0 unspecified atom stereocenters. The number of aromatic nitrogens is 1. The average Bonchev–Trinajstić information content (AvgIpc) is 2.43. The molecule has 0 aromatic carbocycles. The molecule has 2 heterocycles. The Balaban J connectivity index is 2.24. The van der Waals surface area contributed by atoms with E-state index in [2.05, 4.69) is 0 Å². The fourth-order valence-corrected chi connectivity index (χ4v) is 2.43. The van der Waals surface area contributed by atoms with Crippen LogP contribution in [0.4, 0.5) is 5.69 Å². The Labute approximate surface area is 116 Å². The Bertz CT molecular complexity index is 588. The molecule has 1 aliphatic rings. The predicted octanol–water partition coefficient (Wildman–Crippen LogP) is 1.08. The highest BCUT2D eigenvalue weighted by molar-refractivity contribution is 5.76. The number of carbonyl (C=O) groups excluding carboxylic acids is 1. The Kier molecular flexibility index (Phi) is 4.16. The van der Waals surface area contributed by atoms with E-state index in [4.69, 9.17) is 0 Å². The van der Waals surface area contributed by atoms with Crippen molar-refractivity contribution in [3.8, 4) is 0 Å². The minimum Gasteiger partial charge on any atom is -0.341 e. The summed E-state index contributed by atoms with van der Waals surface area (Å²) in [6.07, 6.45) is 3.04. The summed E-state index contributed by atoms with van der Waals surface area (Å²) in [7, 11) is 0. The lowest BCUT2D eigenvalue weighted by Crippen LogP contribution is -2.40. The minimum absolute atomic E-state index is 0.133. The molecule has 1 saturated heterocycles. The van der Waals surface area contributed by atoms with Crippen LogP contribution in [0.3, 0.4) is 0 Å². The molecule has 1 amide bonds. The third-order valence-electron chi connectivity index (χ3n) is 3.62. The first-order chi connectivity index (χ1) is 9.50. The number of likely N-dealkylation sites (tertiary alicyclic amines) is 1. The van der Waals surface area contributed by atoms with E-state index in [0.717, 1.165) is 25.3 Å². The van der Waals surface area contributed by atoms with E-state index in [9.17, 15) is 19.7 Å². The molecule has 0 spiro atoms. The average molecular weight is 279 g/mol. The van der Waals surface area contributed by atoms with Gasteiger partial charge in [0.2, 0.25) is 5.91 Å². The summed E-state index contributed by atoms with van der Waals surface area (Å²) < 4.78 is 1.18. The number of rotatable bonds is 3. The summed E-state index contributed by atoms with van der Waals surface area (Å²) in [6, 6.07) is 2.31. The maximum atomic E-state index is 12.1. The SMILES string of the molecule is Cc1c([N+](=O)[O-])ccc(=O)n1CC(=O)N1CCCCC1. The lowest BCUT2D eigenvalue weighted by molar-refractivity contribution is -0.386. The van der Waals surface area contributed by atoms with Gasteiger partial charge in [0.15, 0.2) is 0 Å². The fraction of sp³-hybridized carbons (Fsp3) is 0.538. The van der Waals surface area contributed by atoms with Crippen molar-refractivity contribution < 1.29 is 9.72 Å². The third-order valence-corrected chi connectivity index (χ3v) is 3.62. The smallest absolute Gasteiger partial charge is 0.288 e. The normalized spacial score (nSPS) is 15.2. The molecule has 20 heavy (non-hydrogen) atoms. The van der Waals surface area contributed by atoms with Crippen LogP contribution in [0.15, 0.2) is 16.9 Å². The van der Waals surface area contributed by atoms with Gasteiger partial charge in [0.1, 0.15) is 6.54 Å². The van der Waals surface area contributed by atoms with Crippen LogP contribution in [0, 0.1) is 17.0 Å². The van der Waals surface area contributed by atoms with Crippen molar-refractivity contribution >= 4 is 11.6 Å². The Morgan fingerprint density at radius 1 is 1.30 bits per heavy atom. The first-order valence-corrected chi connectivity index (χ1v) is 6.63. The third kappa shape index (κ3) is 2.87. The van der Waals surface area contributed by atoms with Gasteiger partial charge < -0.3 is 4.90 Å². The number of piperidine rings is 1. The van der Waals surface area contributed by atoms with Crippen LogP contribution in [0.2, 0.25) is 0 Å². The molecule has 0 atom stereocenters. The molecule has 0 saturated carbocycles. The van der Waals surface area contributed by atoms with E-state index >= 15 is 0 Å². The number of hydrogen-bond donors (Lipinski definition) is 0. The van der Waals surface area contributed by atoms with E-state index in [-0.39, 0.29) is 23.8 Å². The lowest BCUT2D eigenvalue weighted by Gasteiger charge is -2.27. The van der Waals surface area contributed by atoms with Gasteiger partial charge in [-0.2, -0.15) is 0 Å². The van der Waals surface area contributed by atoms with Crippen molar-refractivity contribution in [1.82, 2.24) is 9.47 Å². The van der Waals surface area contributed by atoms with Gasteiger partial charge in [-0.3, -0.25) is 24.3 Å². The number of nitrogens with zero attached hydrogens (tertiary/aromatic N) is 3. The molecule has 108 valence electrons. The van der Waals surface area contributed by atoms with Gasteiger partial charge in [-0.15, -0.1) is 0 Å². The lowest BCUT2D eigenvalue weighted by atomic mass is 10.1. The largest absolute Gasteiger partial charge is 0.341 e. The van der Waals surface area contributed by atoms with Crippen LogP contribution in [0.25, 0.3) is 0 Å². The van der Waals surface area contributed by atoms with Crippen molar-refractivity contribution in [2.75, 3.05) is 13.1 Å². The van der Waals surface area contributed by atoms with E-state index in [1.54, 1.807) is 4.90 Å². The van der Waals surface area contributed by atoms with E-state index in [0.29, 0.717) is 13.1 Å². The van der Waals surface area contributed by atoms with Crippen LogP contribution >= 0.6 is 0 Å². The monoisotopic (exact) mass is 279 g/mol. The summed E-state index contributed by atoms with van der Waals surface area (Å²) in [5.74, 6) is -0.157. The van der Waals surface area contributed by atoms with Gasteiger partial charge in [-0.25, -0.2) is 0 Å². The molecule has 2 rings (SSSR count). The highest BCUT2D eigenvalue weighted by Crippen LogP contribution is 2.15. The van der Waals surface area contributed by atoms with Gasteiger partial charge in [0, 0.05) is 25.2 Å². The van der Waals surface area contributed by atoms with Crippen molar-refractivity contribution in [2.45, 2.75) is 32.7 Å². The molecule has 1 aromatic heterocycles. The van der Waals surface area contributed by atoms with E-state index in [1.165, 1.54) is 17.6 Å². The van der Waals surface area contributed by atoms with Crippen LogP contribution in [0.1, 0.15) is 25.0 Å². The van der Waals surface area contributed by atoms with E-state index < -0.39 is 10.5 Å². The van der Waals surface area contributed by atoms with Crippen LogP contribution in [-0.2, 0) is 11.3 Å². The predicted molar refractivity (Wildman–Crippen MR) is 72.5 cm³/mol. The molecule has 0 bridgehead atoms. The maximum Gasteiger partial charge on any atom is 0.288 e. The molecule has 1 aromatic rings. The van der Waals surface area contributed by atoms with Gasteiger partial charge in [-0.1, -0.05) is 0 Å². The molecule has 0 aliphatic carbocycles. The molecule has 1 aliphatic heterocycles. The van der Waals surface area contributed by atoms with Gasteiger partial charge in [0.05, 0.1) is 10.6 Å². The highest BCUT2D eigenvalue weighted by atomic mass is 16.6. The van der Waals surface area contributed by atoms with Crippen LogP contribution in [-0.4, -0.2) is 33.4 Å². The number of amides is 1. The molecular formula is C13H17N3O4. The molecule has 0 radical (unpaired) electrons. The summed E-state index contributed by atoms with van der Waals surface area (Å²) in [5, 5.41) is 10.9. The van der Waals surface area contributed by atoms with Gasteiger partial charge in [-0.05, 0) is 26.2 Å². The second-order valence-electron chi connectivity index (χ2n) is 4.93. The Morgan fingerprint density at radius 3 is 2.55 bits per heavy atom. The molecule has 7 nitrogen and oxygen atoms in total. The highest BCUT2D eigenvalue weighted by Gasteiger charge is 2.20. The molecule has 1 fully saturated rings. The topological polar surface area (TPSA) is 85.5 Å². The van der Waals surface area contributed by atoms with Gasteiger partial charge in [0.25, 0.3) is 11.2 Å². The number of carbonyl (C=O) groups is 1. The first kappa shape index (κ1) is 14.2. The number of nitro groups is 1. The van der Waals surface area contributed by atoms with Crippen LogP contribution in [0.5, 0.6) is 0 Å². The van der Waals surface area contributed by atoms with E-state index in [1.807, 2.05) is 0 Å². The van der Waals surface area contributed by atoms with Crippen molar-refractivity contribution in [3.63, 3.8) is 0 Å². The summed E-state index contributed by atoms with van der Waals surface area (Å²) >= 11 is 0. The fourth-order valence-electron chi connectivity index (χ4n) is 2.43. The zero-order chi connectivity index (χ0) is 14.7. The zero-order valence-electron chi connectivity index (χ0n) is 11.4. The number of hydrogen-bond acceptors (Lipinski definition) is 4. The number of pyridine rings is 1. The molecule has 7 heteroatoms. The summed E-state index contributed by atoms with van der Waals surface area (Å²) in [4.78, 5) is 36.0. The quantitative estimate of drug-likeness (QED) is 0.612. The second-order valence-corrected chi connectivity index (χ2v) is 4.93. The summed E-state index contributed by atoms with van der Waals surface area (Å²) in [5.41, 5.74) is -0.317. The zero-order valence-corrected chi connectivity index (χ0v) is 11.4. The summed E-state index contributed by atoms with van der Waals surface area (Å²) in [6.45, 7) is 2.75. The Hall–Kier alpha value is -2.18. The van der Waals surface area contributed by atoms with Crippen molar-refractivity contribution in [3.05, 3.63) is 38.3 Å². The minimum atomic E-state index is -0.545. The first-order valence-electron chi connectivity index (χ1n) is 6.63. The van der Waals surface area contributed by atoms with Crippen molar-refractivity contribution in [2.24, 2.45) is 0 Å². The molecule has 0 N–H and O–H groups in total.